The molecule has 0 unspecified atom stereocenters. The van der Waals surface area contributed by atoms with Crippen molar-refractivity contribution < 1.29 is 0 Å². The molecule has 108 valence electrons. The minimum atomic E-state index is 0.307. The van der Waals surface area contributed by atoms with Crippen LogP contribution in [0.4, 0.5) is 11.5 Å². The highest BCUT2D eigenvalue weighted by Crippen LogP contribution is 2.46. The van der Waals surface area contributed by atoms with E-state index in [4.69, 9.17) is 11.0 Å². The van der Waals surface area contributed by atoms with Crippen molar-refractivity contribution in [3.8, 4) is 6.07 Å². The molecule has 2 rings (SSSR count). The van der Waals surface area contributed by atoms with E-state index in [0.717, 1.165) is 12.8 Å². The van der Waals surface area contributed by atoms with Gasteiger partial charge in [-0.3, -0.25) is 0 Å². The van der Waals surface area contributed by atoms with E-state index in [9.17, 15) is 0 Å². The Morgan fingerprint density at radius 3 is 2.45 bits per heavy atom. The minimum absolute atomic E-state index is 0.307. The molecule has 4 nitrogen and oxygen atoms in total. The maximum atomic E-state index is 9.03. The Bertz CT molecular complexity index is 524. The minimum Gasteiger partial charge on any atom is -0.395 e. The van der Waals surface area contributed by atoms with Gasteiger partial charge >= 0.3 is 0 Å². The largest absolute Gasteiger partial charge is 0.395 e. The molecule has 0 saturated heterocycles. The van der Waals surface area contributed by atoms with Crippen LogP contribution < -0.4 is 11.1 Å². The highest BCUT2D eigenvalue weighted by molar-refractivity contribution is 5.69. The van der Waals surface area contributed by atoms with Crippen molar-refractivity contribution in [1.29, 1.82) is 5.26 Å². The number of nitrogens with one attached hydrogen (secondary N) is 1. The summed E-state index contributed by atoms with van der Waals surface area (Å²) in [7, 11) is 0. The predicted molar refractivity (Wildman–Crippen MR) is 82.2 cm³/mol. The molecule has 1 heterocycles. The Morgan fingerprint density at radius 1 is 1.30 bits per heavy atom. The second kappa shape index (κ2) is 4.97. The first-order valence-corrected chi connectivity index (χ1v) is 7.14. The fourth-order valence-corrected chi connectivity index (χ4v) is 3.83. The Labute approximate surface area is 121 Å². The fraction of sp³-hybridized carbons (Fsp3) is 0.625. The smallest absolute Gasteiger partial charge is 0.150 e. The number of nitrogens with zero attached hydrogens (tertiary/aromatic N) is 2. The third-order valence-electron chi connectivity index (χ3n) is 4.01. The van der Waals surface area contributed by atoms with E-state index in [2.05, 4.69) is 44.1 Å². The van der Waals surface area contributed by atoms with Crippen LogP contribution >= 0.6 is 0 Å². The molecule has 3 N–H and O–H groups in total. The lowest BCUT2D eigenvalue weighted by Gasteiger charge is -2.45. The molecule has 1 fully saturated rings. The number of hydrogen-bond donors (Lipinski definition) is 2. The van der Waals surface area contributed by atoms with Gasteiger partial charge in [0.25, 0.3) is 0 Å². The van der Waals surface area contributed by atoms with Gasteiger partial charge in [0.15, 0.2) is 5.82 Å². The molecule has 1 aromatic heterocycles. The summed E-state index contributed by atoms with van der Waals surface area (Å²) in [6.45, 7) is 9.24. The van der Waals surface area contributed by atoms with E-state index in [0.29, 0.717) is 33.9 Å². The van der Waals surface area contributed by atoms with Gasteiger partial charge in [0.1, 0.15) is 6.07 Å². The third kappa shape index (κ3) is 3.22. The summed E-state index contributed by atoms with van der Waals surface area (Å²) in [5, 5.41) is 12.5. The number of aromatic nitrogens is 1. The van der Waals surface area contributed by atoms with Crippen LogP contribution in [0.1, 0.15) is 52.5 Å². The van der Waals surface area contributed by atoms with Crippen molar-refractivity contribution in [2.24, 2.45) is 10.8 Å². The summed E-state index contributed by atoms with van der Waals surface area (Å²) in [5.41, 5.74) is 7.55. The Hall–Kier alpha value is -1.76. The van der Waals surface area contributed by atoms with Gasteiger partial charge in [0, 0.05) is 12.2 Å². The van der Waals surface area contributed by atoms with Gasteiger partial charge in [-0.1, -0.05) is 27.7 Å². The van der Waals surface area contributed by atoms with E-state index in [1.165, 1.54) is 6.42 Å². The molecule has 0 aliphatic heterocycles. The summed E-state index contributed by atoms with van der Waals surface area (Å²) < 4.78 is 0. The number of pyridine rings is 1. The van der Waals surface area contributed by atoms with E-state index in [1.54, 1.807) is 12.3 Å². The molecule has 1 aliphatic rings. The van der Waals surface area contributed by atoms with Crippen molar-refractivity contribution in [3.05, 3.63) is 17.8 Å². The zero-order valence-electron chi connectivity index (χ0n) is 12.8. The average molecular weight is 272 g/mol. The number of nitrogens with two attached hydrogens (primary N) is 1. The van der Waals surface area contributed by atoms with Crippen LogP contribution in [0, 0.1) is 22.2 Å². The van der Waals surface area contributed by atoms with Crippen LogP contribution in [-0.2, 0) is 0 Å². The summed E-state index contributed by atoms with van der Waals surface area (Å²) in [6.07, 6.45) is 5.04. The summed E-state index contributed by atoms with van der Waals surface area (Å²) in [6, 6.07) is 4.09. The number of hydrogen-bond acceptors (Lipinski definition) is 4. The lowest BCUT2D eigenvalue weighted by Crippen LogP contribution is -2.40. The van der Waals surface area contributed by atoms with Gasteiger partial charge in [0.05, 0.1) is 11.3 Å². The molecular weight excluding hydrogens is 248 g/mol. The molecule has 1 saturated carbocycles. The van der Waals surface area contributed by atoms with Gasteiger partial charge in [-0.15, -0.1) is 0 Å². The summed E-state index contributed by atoms with van der Waals surface area (Å²) in [4.78, 5) is 4.29. The molecule has 0 atom stereocenters. The number of anilines is 2. The fourth-order valence-electron chi connectivity index (χ4n) is 3.83. The molecule has 0 aromatic carbocycles. The van der Waals surface area contributed by atoms with Gasteiger partial charge in [-0.2, -0.15) is 5.26 Å². The zero-order chi connectivity index (χ0) is 15.0. The number of rotatable bonds is 2. The molecule has 1 aromatic rings. The average Bonchev–Trinajstić information content (AvgIpc) is 2.27. The lowest BCUT2D eigenvalue weighted by atomic mass is 9.63. The monoisotopic (exact) mass is 272 g/mol. The SMILES string of the molecule is CC1(C)CC(Nc2nccc(C#N)c2N)CC(C)(C)C1. The topological polar surface area (TPSA) is 74.7 Å². The first-order chi connectivity index (χ1) is 9.22. The Balaban J connectivity index is 2.20. The van der Waals surface area contributed by atoms with E-state index in [-0.39, 0.29) is 0 Å². The van der Waals surface area contributed by atoms with Gasteiger partial charge in [0.2, 0.25) is 0 Å². The molecule has 0 spiro atoms. The van der Waals surface area contributed by atoms with E-state index < -0.39 is 0 Å². The molecule has 0 radical (unpaired) electrons. The molecule has 0 amide bonds. The lowest BCUT2D eigenvalue weighted by molar-refractivity contribution is 0.105. The highest BCUT2D eigenvalue weighted by atomic mass is 15.0. The quantitative estimate of drug-likeness (QED) is 0.863. The second-order valence-corrected chi connectivity index (χ2v) is 7.49. The summed E-state index contributed by atoms with van der Waals surface area (Å²) >= 11 is 0. The maximum absolute atomic E-state index is 9.03. The molecule has 20 heavy (non-hydrogen) atoms. The summed E-state index contributed by atoms with van der Waals surface area (Å²) in [5.74, 6) is 0.641. The number of nitrogen functional groups attached to an aromatic ring is 1. The molecule has 4 heteroatoms. The van der Waals surface area contributed by atoms with Crippen molar-refractivity contribution in [1.82, 2.24) is 4.98 Å². The van der Waals surface area contributed by atoms with Gasteiger partial charge in [-0.05, 0) is 36.2 Å². The van der Waals surface area contributed by atoms with Crippen LogP contribution in [0.25, 0.3) is 0 Å². The zero-order valence-corrected chi connectivity index (χ0v) is 12.8. The van der Waals surface area contributed by atoms with Crippen molar-refractivity contribution in [3.63, 3.8) is 0 Å². The van der Waals surface area contributed by atoms with Gasteiger partial charge < -0.3 is 11.1 Å². The first kappa shape index (κ1) is 14.6. The Kier molecular flexibility index (Phi) is 3.64. The molecular formula is C16H24N4. The van der Waals surface area contributed by atoms with Crippen LogP contribution in [-0.4, -0.2) is 11.0 Å². The Morgan fingerprint density at radius 2 is 1.90 bits per heavy atom. The predicted octanol–water partition coefficient (Wildman–Crippen LogP) is 3.55. The standard InChI is InChI=1S/C16H24N4/c1-15(2)7-12(8-16(3,4)10-15)20-14-13(18)11(9-17)5-6-19-14/h5-6,12H,7-8,10,18H2,1-4H3,(H,19,20). The van der Waals surface area contributed by atoms with E-state index in [1.807, 2.05) is 0 Å². The van der Waals surface area contributed by atoms with Crippen LogP contribution in [0.2, 0.25) is 0 Å². The van der Waals surface area contributed by atoms with Crippen molar-refractivity contribution >= 4 is 11.5 Å². The van der Waals surface area contributed by atoms with E-state index >= 15 is 0 Å². The van der Waals surface area contributed by atoms with Crippen LogP contribution in [0.5, 0.6) is 0 Å². The highest BCUT2D eigenvalue weighted by Gasteiger charge is 2.38. The van der Waals surface area contributed by atoms with Gasteiger partial charge in [-0.25, -0.2) is 4.98 Å². The van der Waals surface area contributed by atoms with Crippen LogP contribution in [0.15, 0.2) is 12.3 Å². The van der Waals surface area contributed by atoms with Crippen molar-refractivity contribution in [2.75, 3.05) is 11.1 Å². The second-order valence-electron chi connectivity index (χ2n) is 7.49. The molecule has 0 bridgehead atoms. The normalized spacial score (nSPS) is 21.1. The third-order valence-corrected chi connectivity index (χ3v) is 4.01. The van der Waals surface area contributed by atoms with Crippen LogP contribution in [0.3, 0.4) is 0 Å². The first-order valence-electron chi connectivity index (χ1n) is 7.14. The maximum Gasteiger partial charge on any atom is 0.150 e. The van der Waals surface area contributed by atoms with Crippen molar-refractivity contribution in [2.45, 2.75) is 53.0 Å². The number of nitriles is 1. The molecule has 1 aliphatic carbocycles.